The number of nitrogens with zero attached hydrogens (tertiary/aromatic N) is 4. The Morgan fingerprint density at radius 1 is 1.12 bits per heavy atom. The molecular weight excluding hydrogens is 340 g/mol. The molecule has 0 amide bonds. The van der Waals surface area contributed by atoms with Crippen LogP contribution >= 0.6 is 24.0 Å². The summed E-state index contributed by atoms with van der Waals surface area (Å²) in [6.45, 7) is 0. The van der Waals surface area contributed by atoms with Crippen LogP contribution in [0.15, 0.2) is 57.7 Å². The van der Waals surface area contributed by atoms with Crippen LogP contribution in [0.25, 0.3) is 22.7 Å². The van der Waals surface area contributed by atoms with Gasteiger partial charge in [0.15, 0.2) is 17.4 Å². The van der Waals surface area contributed by atoms with Crippen LogP contribution in [0, 0.1) is 0 Å². The van der Waals surface area contributed by atoms with Crippen molar-refractivity contribution in [3.63, 3.8) is 0 Å². The lowest BCUT2D eigenvalue weighted by Gasteiger charge is -2.07. The third kappa shape index (κ3) is 2.65. The van der Waals surface area contributed by atoms with Crippen molar-refractivity contribution in [2.75, 3.05) is 0 Å². The highest BCUT2D eigenvalue weighted by Crippen LogP contribution is 2.31. The number of hydrogen-bond acceptors (Lipinski definition) is 6. The molecule has 3 aromatic heterocycles. The zero-order valence-electron chi connectivity index (χ0n) is 12.8. The maximum absolute atomic E-state index is 5.46. The van der Waals surface area contributed by atoms with Crippen LogP contribution < -0.4 is 0 Å². The Bertz CT molecular complexity index is 944. The van der Waals surface area contributed by atoms with Crippen LogP contribution in [0.2, 0.25) is 0 Å². The van der Waals surface area contributed by atoms with Gasteiger partial charge in [-0.05, 0) is 11.4 Å². The fraction of sp³-hybridized carbons (Fsp3) is 0.118. The van der Waals surface area contributed by atoms with E-state index in [1.54, 1.807) is 11.3 Å². The summed E-state index contributed by atoms with van der Waals surface area (Å²) in [6, 6.07) is 13.8. The maximum Gasteiger partial charge on any atom is 0.167 e. The molecule has 1 unspecified atom stereocenters. The largest absolute Gasteiger partial charge is 0.356 e. The molecular formula is C17H14N4OS2. The summed E-state index contributed by atoms with van der Waals surface area (Å²) in [5, 5.41) is 16.5. The topological polar surface area (TPSA) is 56.7 Å². The normalized spacial score (nSPS) is 12.4. The van der Waals surface area contributed by atoms with Crippen molar-refractivity contribution in [2.24, 2.45) is 7.05 Å². The first-order valence-electron chi connectivity index (χ1n) is 7.36. The Balaban J connectivity index is 1.65. The van der Waals surface area contributed by atoms with E-state index in [9.17, 15) is 0 Å². The summed E-state index contributed by atoms with van der Waals surface area (Å²) in [6.07, 6.45) is 0. The van der Waals surface area contributed by atoms with Crippen LogP contribution in [0.1, 0.15) is 16.8 Å². The molecule has 4 aromatic rings. The van der Waals surface area contributed by atoms with E-state index in [0.29, 0.717) is 11.5 Å². The van der Waals surface area contributed by atoms with E-state index in [1.807, 2.05) is 64.8 Å². The van der Waals surface area contributed by atoms with Crippen LogP contribution in [0.4, 0.5) is 0 Å². The van der Waals surface area contributed by atoms with Gasteiger partial charge in [0.1, 0.15) is 10.9 Å². The first-order valence-corrected chi connectivity index (χ1v) is 8.82. The molecule has 0 saturated heterocycles. The summed E-state index contributed by atoms with van der Waals surface area (Å²) in [5.74, 6) is 2.26. The molecule has 0 aliphatic rings. The van der Waals surface area contributed by atoms with Crippen LogP contribution in [0.3, 0.4) is 0 Å². The molecule has 1 aromatic carbocycles. The van der Waals surface area contributed by atoms with Gasteiger partial charge in [-0.25, -0.2) is 0 Å². The average molecular weight is 354 g/mol. The molecule has 1 atom stereocenters. The van der Waals surface area contributed by atoms with Gasteiger partial charge in [-0.3, -0.25) is 0 Å². The quantitative estimate of drug-likeness (QED) is 0.558. The molecule has 3 heterocycles. The van der Waals surface area contributed by atoms with Crippen molar-refractivity contribution in [1.82, 2.24) is 19.9 Å². The molecule has 5 nitrogen and oxygen atoms in total. The van der Waals surface area contributed by atoms with Crippen LogP contribution in [-0.4, -0.2) is 19.9 Å². The first kappa shape index (κ1) is 15.2. The molecule has 0 aliphatic carbocycles. The van der Waals surface area contributed by atoms with Gasteiger partial charge in [-0.1, -0.05) is 35.5 Å². The molecule has 0 radical (unpaired) electrons. The second-order valence-corrected chi connectivity index (χ2v) is 6.63. The number of thiophene rings is 1. The Morgan fingerprint density at radius 3 is 2.71 bits per heavy atom. The molecule has 0 spiro atoms. The third-order valence-electron chi connectivity index (χ3n) is 3.80. The summed E-state index contributed by atoms with van der Waals surface area (Å²) in [4.78, 5) is 0. The molecule has 7 heteroatoms. The molecule has 0 N–H and O–H groups in total. The highest BCUT2D eigenvalue weighted by atomic mass is 32.1. The SMILES string of the molecule is Cn1c(-c2ccsc2)nnc1C(S)c1cc(-c2ccccc2)on1. The lowest BCUT2D eigenvalue weighted by Crippen LogP contribution is -2.04. The fourth-order valence-corrected chi connectivity index (χ4v) is 3.49. The molecule has 0 aliphatic heterocycles. The molecule has 0 saturated carbocycles. The van der Waals surface area contributed by atoms with Gasteiger partial charge in [0.25, 0.3) is 0 Å². The van der Waals surface area contributed by atoms with E-state index in [4.69, 9.17) is 4.52 Å². The average Bonchev–Trinajstić information content (AvgIpc) is 3.35. The van der Waals surface area contributed by atoms with Gasteiger partial charge in [0, 0.05) is 29.6 Å². The van der Waals surface area contributed by atoms with Crippen molar-refractivity contribution < 1.29 is 4.52 Å². The standard InChI is InChI=1S/C17H14N4OS2/c1-21-16(12-7-8-24-10-12)18-19-17(21)15(23)13-9-14(22-20-13)11-5-3-2-4-6-11/h2-10,15,23H,1H3. The van der Waals surface area contributed by atoms with Crippen molar-refractivity contribution in [3.05, 3.63) is 64.7 Å². The Hall–Kier alpha value is -2.38. The number of rotatable bonds is 4. The monoisotopic (exact) mass is 354 g/mol. The van der Waals surface area contributed by atoms with Crippen molar-refractivity contribution in [1.29, 1.82) is 0 Å². The van der Waals surface area contributed by atoms with E-state index in [1.165, 1.54) is 0 Å². The van der Waals surface area contributed by atoms with Crippen molar-refractivity contribution in [3.8, 4) is 22.7 Å². The lowest BCUT2D eigenvalue weighted by molar-refractivity contribution is 0.424. The van der Waals surface area contributed by atoms with Gasteiger partial charge in [0.05, 0.1) is 0 Å². The number of benzene rings is 1. The zero-order valence-corrected chi connectivity index (χ0v) is 14.5. The fourth-order valence-electron chi connectivity index (χ4n) is 2.51. The van der Waals surface area contributed by atoms with E-state index < -0.39 is 0 Å². The molecule has 0 bridgehead atoms. The molecule has 24 heavy (non-hydrogen) atoms. The second-order valence-electron chi connectivity index (χ2n) is 5.34. The highest BCUT2D eigenvalue weighted by molar-refractivity contribution is 7.80. The van der Waals surface area contributed by atoms with Crippen LogP contribution in [-0.2, 0) is 7.05 Å². The second kappa shape index (κ2) is 6.26. The first-order chi connectivity index (χ1) is 11.7. The summed E-state index contributed by atoms with van der Waals surface area (Å²) in [7, 11) is 1.93. The minimum atomic E-state index is -0.309. The number of thiol groups is 1. The highest BCUT2D eigenvalue weighted by Gasteiger charge is 2.22. The van der Waals surface area contributed by atoms with Crippen LogP contribution in [0.5, 0.6) is 0 Å². The summed E-state index contributed by atoms with van der Waals surface area (Å²) < 4.78 is 7.40. The van der Waals surface area contributed by atoms with E-state index in [2.05, 4.69) is 28.0 Å². The summed E-state index contributed by atoms with van der Waals surface area (Å²) in [5.41, 5.74) is 2.74. The maximum atomic E-state index is 5.46. The van der Waals surface area contributed by atoms with Crippen molar-refractivity contribution in [2.45, 2.75) is 5.25 Å². The third-order valence-corrected chi connectivity index (χ3v) is 4.98. The van der Waals surface area contributed by atoms with Crippen molar-refractivity contribution >= 4 is 24.0 Å². The number of aromatic nitrogens is 4. The smallest absolute Gasteiger partial charge is 0.167 e. The predicted octanol–water partition coefficient (Wildman–Crippen LogP) is 4.22. The Kier molecular flexibility index (Phi) is 3.95. The van der Waals surface area contributed by atoms with Gasteiger partial charge < -0.3 is 9.09 Å². The minimum absolute atomic E-state index is 0.309. The van der Waals surface area contributed by atoms with Gasteiger partial charge in [-0.2, -0.15) is 24.0 Å². The van der Waals surface area contributed by atoms with Gasteiger partial charge in [-0.15, -0.1) is 10.2 Å². The Labute approximate surface area is 148 Å². The van der Waals surface area contributed by atoms with E-state index >= 15 is 0 Å². The molecule has 4 rings (SSSR count). The Morgan fingerprint density at radius 2 is 1.96 bits per heavy atom. The zero-order chi connectivity index (χ0) is 16.5. The van der Waals surface area contributed by atoms with Gasteiger partial charge in [0.2, 0.25) is 0 Å². The summed E-state index contributed by atoms with van der Waals surface area (Å²) >= 11 is 6.30. The number of hydrogen-bond donors (Lipinski definition) is 1. The van der Waals surface area contributed by atoms with E-state index in [-0.39, 0.29) is 5.25 Å². The molecule has 120 valence electrons. The minimum Gasteiger partial charge on any atom is -0.356 e. The predicted molar refractivity (Wildman–Crippen MR) is 97.1 cm³/mol. The molecule has 0 fully saturated rings. The lowest BCUT2D eigenvalue weighted by atomic mass is 10.1. The van der Waals surface area contributed by atoms with Gasteiger partial charge >= 0.3 is 0 Å². The van der Waals surface area contributed by atoms with E-state index in [0.717, 1.165) is 22.8 Å².